The molecule has 0 aliphatic rings. The molecular weight excluding hydrogens is 254 g/mol. The normalized spacial score (nSPS) is 11.2. The van der Waals surface area contributed by atoms with Crippen molar-refractivity contribution in [1.29, 1.82) is 0 Å². The van der Waals surface area contributed by atoms with Crippen LogP contribution in [-0.2, 0) is 11.3 Å². The van der Waals surface area contributed by atoms with Gasteiger partial charge in [-0.05, 0) is 18.2 Å². The molecule has 1 N–H and O–H groups in total. The highest BCUT2D eigenvalue weighted by molar-refractivity contribution is 6.09. The van der Waals surface area contributed by atoms with Gasteiger partial charge in [-0.15, -0.1) is 0 Å². The smallest absolute Gasteiger partial charge is 0.335 e. The first kappa shape index (κ1) is 12.7. The summed E-state index contributed by atoms with van der Waals surface area (Å²) in [5.41, 5.74) is 2.34. The Kier molecular flexibility index (Phi) is 3.16. The first-order chi connectivity index (χ1) is 9.72. The molecule has 0 radical (unpaired) electrons. The molecule has 102 valence electrons. The number of benzene rings is 2. The van der Waals surface area contributed by atoms with Gasteiger partial charge in [0.25, 0.3) is 0 Å². The lowest BCUT2D eigenvalue weighted by atomic mass is 10.1. The molecule has 3 aromatic rings. The number of carboxylic acid groups (broad SMARTS) is 1. The second-order valence-corrected chi connectivity index (χ2v) is 4.70. The number of methoxy groups -OCH3 is 1. The van der Waals surface area contributed by atoms with Crippen molar-refractivity contribution in [3.8, 4) is 0 Å². The summed E-state index contributed by atoms with van der Waals surface area (Å²) in [6.07, 6.45) is 0. The van der Waals surface area contributed by atoms with Gasteiger partial charge in [0.05, 0.1) is 17.7 Å². The Labute approximate surface area is 116 Å². The summed E-state index contributed by atoms with van der Waals surface area (Å²) >= 11 is 0. The molecule has 0 fully saturated rings. The van der Waals surface area contributed by atoms with Crippen LogP contribution in [0.1, 0.15) is 10.4 Å². The van der Waals surface area contributed by atoms with Crippen molar-refractivity contribution >= 4 is 27.8 Å². The van der Waals surface area contributed by atoms with E-state index in [1.165, 1.54) is 0 Å². The number of ether oxygens (including phenoxy) is 1. The maximum Gasteiger partial charge on any atom is 0.335 e. The molecule has 0 bridgehead atoms. The van der Waals surface area contributed by atoms with Crippen LogP contribution >= 0.6 is 0 Å². The lowest BCUT2D eigenvalue weighted by Crippen LogP contribution is -2.04. The molecular formula is C16H15NO3. The highest BCUT2D eigenvalue weighted by Gasteiger charge is 2.12. The highest BCUT2D eigenvalue weighted by Crippen LogP contribution is 2.29. The minimum Gasteiger partial charge on any atom is -0.478 e. The van der Waals surface area contributed by atoms with Crippen molar-refractivity contribution in [2.24, 2.45) is 0 Å². The second-order valence-electron chi connectivity index (χ2n) is 4.70. The molecule has 20 heavy (non-hydrogen) atoms. The minimum atomic E-state index is -0.907. The third kappa shape index (κ3) is 1.94. The summed E-state index contributed by atoms with van der Waals surface area (Å²) in [4.78, 5) is 11.2. The number of rotatable bonds is 4. The lowest BCUT2D eigenvalue weighted by Gasteiger charge is -2.06. The zero-order chi connectivity index (χ0) is 14.1. The van der Waals surface area contributed by atoms with Crippen molar-refractivity contribution in [2.45, 2.75) is 6.54 Å². The fourth-order valence-corrected chi connectivity index (χ4v) is 2.61. The van der Waals surface area contributed by atoms with Gasteiger partial charge < -0.3 is 14.4 Å². The van der Waals surface area contributed by atoms with Gasteiger partial charge in [-0.1, -0.05) is 24.3 Å². The molecule has 0 amide bonds. The van der Waals surface area contributed by atoms with E-state index in [9.17, 15) is 4.79 Å². The fourth-order valence-electron chi connectivity index (χ4n) is 2.61. The molecule has 0 saturated heterocycles. The van der Waals surface area contributed by atoms with Crippen LogP contribution in [0.15, 0.2) is 42.5 Å². The lowest BCUT2D eigenvalue weighted by molar-refractivity contribution is 0.0697. The predicted molar refractivity (Wildman–Crippen MR) is 78.3 cm³/mol. The third-order valence-corrected chi connectivity index (χ3v) is 3.54. The molecule has 3 rings (SSSR count). The molecule has 0 saturated carbocycles. The maximum absolute atomic E-state index is 11.2. The first-order valence-corrected chi connectivity index (χ1v) is 6.45. The Morgan fingerprint density at radius 2 is 1.90 bits per heavy atom. The van der Waals surface area contributed by atoms with Crippen LogP contribution < -0.4 is 0 Å². The van der Waals surface area contributed by atoms with Gasteiger partial charge in [0, 0.05) is 29.9 Å². The molecule has 1 aromatic heterocycles. The van der Waals surface area contributed by atoms with Crippen LogP contribution in [-0.4, -0.2) is 29.4 Å². The van der Waals surface area contributed by atoms with Crippen molar-refractivity contribution in [3.05, 3.63) is 48.0 Å². The van der Waals surface area contributed by atoms with Gasteiger partial charge in [-0.3, -0.25) is 0 Å². The van der Waals surface area contributed by atoms with Crippen LogP contribution in [0, 0.1) is 0 Å². The summed E-state index contributed by atoms with van der Waals surface area (Å²) in [5, 5.41) is 11.4. The number of hydrogen-bond acceptors (Lipinski definition) is 2. The summed E-state index contributed by atoms with van der Waals surface area (Å²) in [7, 11) is 1.66. The van der Waals surface area contributed by atoms with E-state index in [0.717, 1.165) is 21.8 Å². The SMILES string of the molecule is COCCn1c2ccccc2c2ccc(C(=O)O)cc21. The van der Waals surface area contributed by atoms with E-state index < -0.39 is 5.97 Å². The highest BCUT2D eigenvalue weighted by atomic mass is 16.5. The summed E-state index contributed by atoms with van der Waals surface area (Å²) in [6.45, 7) is 1.29. The topological polar surface area (TPSA) is 51.5 Å². The molecule has 0 atom stereocenters. The molecule has 0 aliphatic carbocycles. The molecule has 0 unspecified atom stereocenters. The Morgan fingerprint density at radius 3 is 2.65 bits per heavy atom. The van der Waals surface area contributed by atoms with Gasteiger partial charge in [0.1, 0.15) is 0 Å². The first-order valence-electron chi connectivity index (χ1n) is 6.45. The van der Waals surface area contributed by atoms with Crippen molar-refractivity contribution in [3.63, 3.8) is 0 Å². The van der Waals surface area contributed by atoms with Crippen LogP contribution in [0.25, 0.3) is 21.8 Å². The average molecular weight is 269 g/mol. The molecule has 4 heteroatoms. The molecule has 2 aromatic carbocycles. The summed E-state index contributed by atoms with van der Waals surface area (Å²) in [5.74, 6) is -0.907. The van der Waals surface area contributed by atoms with E-state index >= 15 is 0 Å². The van der Waals surface area contributed by atoms with Crippen LogP contribution in [0.2, 0.25) is 0 Å². The van der Waals surface area contributed by atoms with Crippen molar-refractivity contribution < 1.29 is 14.6 Å². The van der Waals surface area contributed by atoms with Crippen molar-refractivity contribution in [2.75, 3.05) is 13.7 Å². The number of carboxylic acids is 1. The fraction of sp³-hybridized carbons (Fsp3) is 0.188. The van der Waals surface area contributed by atoms with E-state index in [2.05, 4.69) is 10.6 Å². The van der Waals surface area contributed by atoms with E-state index in [4.69, 9.17) is 9.84 Å². The number of aromatic nitrogens is 1. The predicted octanol–water partition coefficient (Wildman–Crippen LogP) is 3.14. The summed E-state index contributed by atoms with van der Waals surface area (Å²) < 4.78 is 7.27. The van der Waals surface area contributed by atoms with E-state index in [1.54, 1.807) is 19.2 Å². The Hall–Kier alpha value is -2.33. The number of para-hydroxylation sites is 1. The molecule has 4 nitrogen and oxygen atoms in total. The number of aromatic carboxylic acids is 1. The zero-order valence-corrected chi connectivity index (χ0v) is 11.2. The zero-order valence-electron chi connectivity index (χ0n) is 11.2. The van der Waals surface area contributed by atoms with Crippen LogP contribution in [0.3, 0.4) is 0 Å². The van der Waals surface area contributed by atoms with Gasteiger partial charge in [-0.25, -0.2) is 4.79 Å². The minimum absolute atomic E-state index is 0.305. The standard InChI is InChI=1S/C16H15NO3/c1-20-9-8-17-14-5-3-2-4-12(14)13-7-6-11(16(18)19)10-15(13)17/h2-7,10H,8-9H2,1H3,(H,18,19). The summed E-state index contributed by atoms with van der Waals surface area (Å²) in [6, 6.07) is 13.3. The Bertz CT molecular complexity index is 789. The van der Waals surface area contributed by atoms with Gasteiger partial charge in [-0.2, -0.15) is 0 Å². The van der Waals surface area contributed by atoms with E-state index in [1.807, 2.05) is 24.3 Å². The maximum atomic E-state index is 11.2. The monoisotopic (exact) mass is 269 g/mol. The molecule has 0 aliphatic heterocycles. The Morgan fingerprint density at radius 1 is 1.15 bits per heavy atom. The Balaban J connectivity index is 2.33. The van der Waals surface area contributed by atoms with Gasteiger partial charge in [0.15, 0.2) is 0 Å². The van der Waals surface area contributed by atoms with Crippen LogP contribution in [0.4, 0.5) is 0 Å². The average Bonchev–Trinajstić information content (AvgIpc) is 2.78. The number of carbonyl (C=O) groups is 1. The molecule has 0 spiro atoms. The number of nitrogens with zero attached hydrogens (tertiary/aromatic N) is 1. The van der Waals surface area contributed by atoms with Gasteiger partial charge in [0.2, 0.25) is 0 Å². The quantitative estimate of drug-likeness (QED) is 0.791. The van der Waals surface area contributed by atoms with Crippen molar-refractivity contribution in [1.82, 2.24) is 4.57 Å². The van der Waals surface area contributed by atoms with E-state index in [0.29, 0.717) is 18.7 Å². The number of hydrogen-bond donors (Lipinski definition) is 1. The number of fused-ring (bicyclic) bond motifs is 3. The second kappa shape index (κ2) is 4.98. The van der Waals surface area contributed by atoms with Gasteiger partial charge >= 0.3 is 5.97 Å². The van der Waals surface area contributed by atoms with Crippen LogP contribution in [0.5, 0.6) is 0 Å². The largest absolute Gasteiger partial charge is 0.478 e. The molecule has 1 heterocycles. The third-order valence-electron chi connectivity index (χ3n) is 3.54. The van der Waals surface area contributed by atoms with E-state index in [-0.39, 0.29) is 0 Å².